The molecule has 1 aromatic heterocycles. The fraction of sp³-hybridized carbons (Fsp3) is 0.0833. The first kappa shape index (κ1) is 10.7. The van der Waals surface area contributed by atoms with Gasteiger partial charge in [-0.1, -0.05) is 12.1 Å². The van der Waals surface area contributed by atoms with Crippen LogP contribution in [0.25, 0.3) is 5.69 Å². The molecular formula is C12H10N2OS. The van der Waals surface area contributed by atoms with Crippen LogP contribution in [0.1, 0.15) is 0 Å². The van der Waals surface area contributed by atoms with Gasteiger partial charge >= 0.3 is 0 Å². The Hall–Kier alpha value is -1.86. The van der Waals surface area contributed by atoms with Crippen LogP contribution in [-0.2, 0) is 10.8 Å². The Labute approximate surface area is 96.4 Å². The van der Waals surface area contributed by atoms with Crippen molar-refractivity contribution in [3.63, 3.8) is 0 Å². The minimum atomic E-state index is -1.26. The predicted octanol–water partition coefficient (Wildman–Crippen LogP) is 2.11. The molecule has 1 atom stereocenters. The van der Waals surface area contributed by atoms with Crippen LogP contribution < -0.4 is 0 Å². The Morgan fingerprint density at radius 1 is 1.19 bits per heavy atom. The van der Waals surface area contributed by atoms with E-state index in [2.05, 4.69) is 0 Å². The van der Waals surface area contributed by atoms with Crippen molar-refractivity contribution in [2.45, 2.75) is 4.90 Å². The molecule has 1 heterocycles. The van der Waals surface area contributed by atoms with Gasteiger partial charge in [-0.15, -0.1) is 0 Å². The Morgan fingerprint density at radius 3 is 2.56 bits per heavy atom. The van der Waals surface area contributed by atoms with Crippen molar-refractivity contribution in [3.05, 3.63) is 48.8 Å². The third kappa shape index (κ3) is 2.05. The van der Waals surface area contributed by atoms with E-state index < -0.39 is 10.8 Å². The highest BCUT2D eigenvalue weighted by Gasteiger charge is 2.09. The van der Waals surface area contributed by atoms with Crippen molar-refractivity contribution in [1.82, 2.24) is 4.57 Å². The third-order valence-corrected chi connectivity index (χ3v) is 3.42. The van der Waals surface area contributed by atoms with Gasteiger partial charge in [0.25, 0.3) is 0 Å². The Kier molecular flexibility index (Phi) is 3.18. The van der Waals surface area contributed by atoms with E-state index in [1.165, 1.54) is 0 Å². The summed E-state index contributed by atoms with van der Waals surface area (Å²) < 4.78 is 13.7. The lowest BCUT2D eigenvalue weighted by atomic mass is 10.3. The molecule has 0 saturated heterocycles. The van der Waals surface area contributed by atoms with Crippen molar-refractivity contribution in [1.29, 1.82) is 5.26 Å². The number of hydrogen-bond donors (Lipinski definition) is 0. The smallest absolute Gasteiger partial charge is 0.115 e. The molecule has 0 aliphatic carbocycles. The van der Waals surface area contributed by atoms with Crippen LogP contribution in [0.4, 0.5) is 0 Å². The van der Waals surface area contributed by atoms with E-state index in [4.69, 9.17) is 5.26 Å². The average molecular weight is 230 g/mol. The highest BCUT2D eigenvalue weighted by molar-refractivity contribution is 7.85. The van der Waals surface area contributed by atoms with Gasteiger partial charge in [-0.05, 0) is 24.3 Å². The van der Waals surface area contributed by atoms with Crippen molar-refractivity contribution >= 4 is 10.8 Å². The minimum Gasteiger partial charge on any atom is -0.323 e. The van der Waals surface area contributed by atoms with Gasteiger partial charge in [-0.3, -0.25) is 4.21 Å². The van der Waals surface area contributed by atoms with Crippen molar-refractivity contribution in [2.75, 3.05) is 5.75 Å². The van der Waals surface area contributed by atoms with Crippen molar-refractivity contribution in [3.8, 4) is 11.8 Å². The van der Waals surface area contributed by atoms with Gasteiger partial charge in [-0.2, -0.15) is 5.26 Å². The summed E-state index contributed by atoms with van der Waals surface area (Å²) in [5, 5.41) is 8.57. The summed E-state index contributed by atoms with van der Waals surface area (Å²) in [6, 6.07) is 13.2. The fourth-order valence-corrected chi connectivity index (χ4v) is 2.40. The van der Waals surface area contributed by atoms with E-state index >= 15 is 0 Å². The summed E-state index contributed by atoms with van der Waals surface area (Å²) in [6.07, 6.45) is 3.78. The summed E-state index contributed by atoms with van der Waals surface area (Å²) in [5.74, 6) is 0.0261. The first-order chi connectivity index (χ1) is 7.83. The number of nitriles is 1. The van der Waals surface area contributed by atoms with E-state index in [-0.39, 0.29) is 5.75 Å². The van der Waals surface area contributed by atoms with Crippen LogP contribution in [0.15, 0.2) is 53.7 Å². The molecule has 80 valence electrons. The van der Waals surface area contributed by atoms with Crippen LogP contribution in [0.3, 0.4) is 0 Å². The number of hydrogen-bond acceptors (Lipinski definition) is 2. The van der Waals surface area contributed by atoms with Gasteiger partial charge in [0, 0.05) is 12.4 Å². The molecule has 2 rings (SSSR count). The van der Waals surface area contributed by atoms with Gasteiger partial charge in [0.1, 0.15) is 5.75 Å². The van der Waals surface area contributed by atoms with Gasteiger partial charge in [0.05, 0.1) is 27.5 Å². The second-order valence-corrected chi connectivity index (χ2v) is 4.63. The topological polar surface area (TPSA) is 45.8 Å². The third-order valence-electron chi connectivity index (χ3n) is 2.19. The molecule has 0 radical (unpaired) electrons. The molecule has 2 aromatic rings. The van der Waals surface area contributed by atoms with Crippen LogP contribution in [0.5, 0.6) is 0 Å². The molecule has 0 aliphatic heterocycles. The maximum atomic E-state index is 11.8. The quantitative estimate of drug-likeness (QED) is 0.810. The van der Waals surface area contributed by atoms with E-state index in [9.17, 15) is 4.21 Å². The summed E-state index contributed by atoms with van der Waals surface area (Å²) >= 11 is 0. The van der Waals surface area contributed by atoms with Crippen molar-refractivity contribution < 1.29 is 4.21 Å². The number of aromatic nitrogens is 1. The molecule has 0 saturated carbocycles. The monoisotopic (exact) mass is 230 g/mol. The molecule has 0 bridgehead atoms. The number of para-hydroxylation sites is 1. The SMILES string of the molecule is N#CCS(=O)c1ccccc1-n1cccc1. The molecule has 0 amide bonds. The van der Waals surface area contributed by atoms with Gasteiger partial charge in [0.2, 0.25) is 0 Å². The Balaban J connectivity index is 2.47. The minimum absolute atomic E-state index is 0.0261. The molecule has 1 aromatic carbocycles. The summed E-state index contributed by atoms with van der Waals surface area (Å²) in [6.45, 7) is 0. The van der Waals surface area contributed by atoms with E-state index in [1.54, 1.807) is 6.07 Å². The molecule has 4 heteroatoms. The van der Waals surface area contributed by atoms with Crippen LogP contribution >= 0.6 is 0 Å². The highest BCUT2D eigenvalue weighted by Crippen LogP contribution is 2.18. The normalized spacial score (nSPS) is 11.9. The lowest BCUT2D eigenvalue weighted by Crippen LogP contribution is -2.02. The number of benzene rings is 1. The Bertz CT molecular complexity index is 540. The maximum absolute atomic E-state index is 11.8. The van der Waals surface area contributed by atoms with Gasteiger partial charge in [0.15, 0.2) is 0 Å². The predicted molar refractivity (Wildman–Crippen MR) is 62.7 cm³/mol. The molecule has 0 aliphatic rings. The standard InChI is InChI=1S/C12H10N2OS/c13-7-10-16(15)12-6-2-1-5-11(12)14-8-3-4-9-14/h1-6,8-9H,10H2. The Morgan fingerprint density at radius 2 is 1.88 bits per heavy atom. The zero-order chi connectivity index (χ0) is 11.4. The second kappa shape index (κ2) is 4.77. The first-order valence-electron chi connectivity index (χ1n) is 4.80. The highest BCUT2D eigenvalue weighted by atomic mass is 32.2. The van der Waals surface area contributed by atoms with Crippen LogP contribution in [0.2, 0.25) is 0 Å². The lowest BCUT2D eigenvalue weighted by Gasteiger charge is -2.08. The zero-order valence-electron chi connectivity index (χ0n) is 8.54. The number of rotatable bonds is 3. The molecule has 16 heavy (non-hydrogen) atoms. The molecule has 3 nitrogen and oxygen atoms in total. The first-order valence-corrected chi connectivity index (χ1v) is 6.12. The molecule has 0 N–H and O–H groups in total. The molecule has 0 fully saturated rings. The van der Waals surface area contributed by atoms with Crippen molar-refractivity contribution in [2.24, 2.45) is 0 Å². The van der Waals surface area contributed by atoms with E-state index in [0.717, 1.165) is 5.69 Å². The largest absolute Gasteiger partial charge is 0.323 e. The second-order valence-electron chi connectivity index (χ2n) is 3.21. The van der Waals surface area contributed by atoms with Crippen LogP contribution in [0, 0.1) is 11.3 Å². The lowest BCUT2D eigenvalue weighted by molar-refractivity contribution is 0.684. The van der Waals surface area contributed by atoms with Gasteiger partial charge < -0.3 is 4.57 Å². The van der Waals surface area contributed by atoms with E-state index in [1.807, 2.05) is 53.4 Å². The average Bonchev–Trinajstić information content (AvgIpc) is 2.83. The fourth-order valence-electron chi connectivity index (χ4n) is 1.49. The zero-order valence-corrected chi connectivity index (χ0v) is 9.35. The van der Waals surface area contributed by atoms with E-state index in [0.29, 0.717) is 4.90 Å². The molecular weight excluding hydrogens is 220 g/mol. The maximum Gasteiger partial charge on any atom is 0.115 e. The summed E-state index contributed by atoms with van der Waals surface area (Å²) in [4.78, 5) is 0.695. The summed E-state index contributed by atoms with van der Waals surface area (Å²) in [7, 11) is -1.26. The molecule has 1 unspecified atom stereocenters. The van der Waals surface area contributed by atoms with Gasteiger partial charge in [-0.25, -0.2) is 0 Å². The summed E-state index contributed by atoms with van der Waals surface area (Å²) in [5.41, 5.74) is 0.862. The number of nitrogens with zero attached hydrogens (tertiary/aromatic N) is 2. The van der Waals surface area contributed by atoms with Crippen LogP contribution in [-0.4, -0.2) is 14.5 Å². The molecule has 0 spiro atoms.